The smallest absolute Gasteiger partial charge is 0.267 e. The number of rotatable bonds is 5. The standard InChI is InChI=1S/C19H18ClN3O2/c1-2-21-18(24)13-5-3-12(4-6-13)11-22-19(25)17-9-14-7-8-15(20)10-16(14)23-17/h3-10,23H,2,11H2,1H3,(H,21,24)(H,22,25). The Balaban J connectivity index is 1.64. The number of amides is 2. The number of aromatic nitrogens is 1. The normalized spacial score (nSPS) is 10.6. The van der Waals surface area contributed by atoms with Crippen LogP contribution in [-0.4, -0.2) is 23.3 Å². The number of fused-ring (bicyclic) bond motifs is 1. The number of H-pyrrole nitrogens is 1. The van der Waals surface area contributed by atoms with E-state index in [-0.39, 0.29) is 11.8 Å². The predicted octanol–water partition coefficient (Wildman–Crippen LogP) is 3.50. The molecule has 128 valence electrons. The first-order valence-electron chi connectivity index (χ1n) is 8.00. The van der Waals surface area contributed by atoms with Gasteiger partial charge in [-0.1, -0.05) is 29.8 Å². The summed E-state index contributed by atoms with van der Waals surface area (Å²) >= 11 is 5.95. The largest absolute Gasteiger partial charge is 0.352 e. The van der Waals surface area contributed by atoms with Gasteiger partial charge < -0.3 is 15.6 Å². The van der Waals surface area contributed by atoms with Crippen molar-refractivity contribution in [1.82, 2.24) is 15.6 Å². The second kappa shape index (κ2) is 7.40. The average molecular weight is 356 g/mol. The minimum Gasteiger partial charge on any atom is -0.352 e. The molecule has 0 saturated heterocycles. The van der Waals surface area contributed by atoms with Crippen molar-refractivity contribution in [3.63, 3.8) is 0 Å². The maximum absolute atomic E-state index is 12.3. The number of halogens is 1. The van der Waals surface area contributed by atoms with Crippen LogP contribution in [0.5, 0.6) is 0 Å². The number of carbonyl (C=O) groups excluding carboxylic acids is 2. The Bertz CT molecular complexity index is 916. The molecule has 0 fully saturated rings. The SMILES string of the molecule is CCNC(=O)c1ccc(CNC(=O)c2cc3ccc(Cl)cc3[nH]2)cc1. The number of aromatic amines is 1. The molecule has 25 heavy (non-hydrogen) atoms. The Morgan fingerprint density at radius 3 is 2.48 bits per heavy atom. The molecule has 3 N–H and O–H groups in total. The number of nitrogens with one attached hydrogen (secondary N) is 3. The van der Waals surface area contributed by atoms with Crippen LogP contribution in [0.25, 0.3) is 10.9 Å². The zero-order chi connectivity index (χ0) is 17.8. The van der Waals surface area contributed by atoms with Crippen LogP contribution in [0.4, 0.5) is 0 Å². The molecular weight excluding hydrogens is 338 g/mol. The minimum absolute atomic E-state index is 0.102. The summed E-state index contributed by atoms with van der Waals surface area (Å²) in [6.07, 6.45) is 0. The molecule has 3 rings (SSSR count). The summed E-state index contributed by atoms with van der Waals surface area (Å²) in [5, 5.41) is 7.16. The van der Waals surface area contributed by atoms with Gasteiger partial charge >= 0.3 is 0 Å². The molecule has 0 aliphatic rings. The number of carbonyl (C=O) groups is 2. The van der Waals surface area contributed by atoms with Gasteiger partial charge in [0.05, 0.1) is 0 Å². The third-order valence-electron chi connectivity index (χ3n) is 3.84. The van der Waals surface area contributed by atoms with Crippen LogP contribution in [-0.2, 0) is 6.54 Å². The van der Waals surface area contributed by atoms with Crippen molar-refractivity contribution in [2.45, 2.75) is 13.5 Å². The van der Waals surface area contributed by atoms with Crippen LogP contribution in [0.1, 0.15) is 33.3 Å². The third-order valence-corrected chi connectivity index (χ3v) is 4.07. The fraction of sp³-hybridized carbons (Fsp3) is 0.158. The summed E-state index contributed by atoms with van der Waals surface area (Å²) in [5.41, 5.74) is 2.82. The second-order valence-corrected chi connectivity index (χ2v) is 6.09. The Morgan fingerprint density at radius 2 is 1.76 bits per heavy atom. The second-order valence-electron chi connectivity index (χ2n) is 5.65. The van der Waals surface area contributed by atoms with Gasteiger partial charge in [-0.3, -0.25) is 9.59 Å². The van der Waals surface area contributed by atoms with E-state index in [1.165, 1.54) is 0 Å². The lowest BCUT2D eigenvalue weighted by molar-refractivity contribution is 0.0941. The third kappa shape index (κ3) is 4.00. The number of benzene rings is 2. The van der Waals surface area contributed by atoms with E-state index in [4.69, 9.17) is 11.6 Å². The summed E-state index contributed by atoms with van der Waals surface area (Å²) in [5.74, 6) is -0.296. The van der Waals surface area contributed by atoms with Crippen LogP contribution in [0.2, 0.25) is 5.02 Å². The van der Waals surface area contributed by atoms with Gasteiger partial charge in [-0.25, -0.2) is 0 Å². The first-order valence-corrected chi connectivity index (χ1v) is 8.38. The molecule has 0 atom stereocenters. The highest BCUT2D eigenvalue weighted by molar-refractivity contribution is 6.31. The monoisotopic (exact) mass is 355 g/mol. The lowest BCUT2D eigenvalue weighted by atomic mass is 10.1. The van der Waals surface area contributed by atoms with E-state index >= 15 is 0 Å². The van der Waals surface area contributed by atoms with Gasteiger partial charge in [0.2, 0.25) is 0 Å². The molecule has 1 heterocycles. The van der Waals surface area contributed by atoms with Gasteiger partial charge in [-0.15, -0.1) is 0 Å². The fourth-order valence-corrected chi connectivity index (χ4v) is 2.71. The summed E-state index contributed by atoms with van der Waals surface area (Å²) < 4.78 is 0. The van der Waals surface area contributed by atoms with Gasteiger partial charge in [0.25, 0.3) is 11.8 Å². The zero-order valence-corrected chi connectivity index (χ0v) is 14.5. The van der Waals surface area contributed by atoms with Crippen molar-refractivity contribution in [2.75, 3.05) is 6.54 Å². The molecule has 0 saturated carbocycles. The van der Waals surface area contributed by atoms with E-state index in [0.29, 0.717) is 29.4 Å². The zero-order valence-electron chi connectivity index (χ0n) is 13.7. The molecule has 0 aliphatic carbocycles. The summed E-state index contributed by atoms with van der Waals surface area (Å²) in [6.45, 7) is 2.84. The van der Waals surface area contributed by atoms with Crippen LogP contribution >= 0.6 is 11.6 Å². The highest BCUT2D eigenvalue weighted by Crippen LogP contribution is 2.20. The fourth-order valence-electron chi connectivity index (χ4n) is 2.54. The molecule has 6 heteroatoms. The Hall–Kier alpha value is -2.79. The molecule has 0 radical (unpaired) electrons. The van der Waals surface area contributed by atoms with E-state index < -0.39 is 0 Å². The van der Waals surface area contributed by atoms with Gasteiger partial charge in [0.1, 0.15) is 5.69 Å². The maximum atomic E-state index is 12.3. The summed E-state index contributed by atoms with van der Waals surface area (Å²) in [7, 11) is 0. The van der Waals surface area contributed by atoms with Crippen molar-refractivity contribution in [3.8, 4) is 0 Å². The summed E-state index contributed by atoms with van der Waals surface area (Å²) in [4.78, 5) is 27.1. The van der Waals surface area contributed by atoms with E-state index in [2.05, 4.69) is 15.6 Å². The quantitative estimate of drug-likeness (QED) is 0.655. The molecule has 2 amide bonds. The molecular formula is C19H18ClN3O2. The van der Waals surface area contributed by atoms with E-state index in [0.717, 1.165) is 16.5 Å². The molecule has 0 aliphatic heterocycles. The van der Waals surface area contributed by atoms with Crippen LogP contribution < -0.4 is 10.6 Å². The van der Waals surface area contributed by atoms with Gasteiger partial charge in [0.15, 0.2) is 0 Å². The first kappa shape index (κ1) is 17.0. The lowest BCUT2D eigenvalue weighted by Gasteiger charge is -2.06. The summed E-state index contributed by atoms with van der Waals surface area (Å²) in [6, 6.07) is 14.4. The van der Waals surface area contributed by atoms with Gasteiger partial charge in [-0.2, -0.15) is 0 Å². The maximum Gasteiger partial charge on any atom is 0.267 e. The van der Waals surface area contributed by atoms with E-state index in [1.54, 1.807) is 30.3 Å². The topological polar surface area (TPSA) is 74.0 Å². The van der Waals surface area contributed by atoms with Crippen LogP contribution in [0.15, 0.2) is 48.5 Å². The predicted molar refractivity (Wildman–Crippen MR) is 98.9 cm³/mol. The van der Waals surface area contributed by atoms with Crippen molar-refractivity contribution in [1.29, 1.82) is 0 Å². The van der Waals surface area contributed by atoms with E-state index in [9.17, 15) is 9.59 Å². The first-order chi connectivity index (χ1) is 12.1. The van der Waals surface area contributed by atoms with Gasteiger partial charge in [-0.05, 0) is 42.8 Å². The molecule has 0 unspecified atom stereocenters. The van der Waals surface area contributed by atoms with E-state index in [1.807, 2.05) is 25.1 Å². The van der Waals surface area contributed by atoms with Crippen molar-refractivity contribution < 1.29 is 9.59 Å². The van der Waals surface area contributed by atoms with Crippen LogP contribution in [0.3, 0.4) is 0 Å². The van der Waals surface area contributed by atoms with Gasteiger partial charge in [0, 0.05) is 34.6 Å². The van der Waals surface area contributed by atoms with Crippen LogP contribution in [0, 0.1) is 0 Å². The molecule has 3 aromatic rings. The Kier molecular flexibility index (Phi) is 5.05. The minimum atomic E-state index is -0.194. The molecule has 0 bridgehead atoms. The number of hydrogen-bond donors (Lipinski definition) is 3. The van der Waals surface area contributed by atoms with Crippen molar-refractivity contribution in [2.24, 2.45) is 0 Å². The Labute approximate surface area is 150 Å². The van der Waals surface area contributed by atoms with Crippen molar-refractivity contribution >= 4 is 34.3 Å². The molecule has 2 aromatic carbocycles. The molecule has 0 spiro atoms. The number of hydrogen-bond acceptors (Lipinski definition) is 2. The molecule has 5 nitrogen and oxygen atoms in total. The highest BCUT2D eigenvalue weighted by atomic mass is 35.5. The molecule has 1 aromatic heterocycles. The van der Waals surface area contributed by atoms with Crippen molar-refractivity contribution in [3.05, 3.63) is 70.4 Å². The Morgan fingerprint density at radius 1 is 1.00 bits per heavy atom. The highest BCUT2D eigenvalue weighted by Gasteiger charge is 2.10. The lowest BCUT2D eigenvalue weighted by Crippen LogP contribution is -2.24. The average Bonchev–Trinajstić information content (AvgIpc) is 3.03.